The van der Waals surface area contributed by atoms with Crippen molar-refractivity contribution in [1.29, 1.82) is 0 Å². The van der Waals surface area contributed by atoms with Gasteiger partial charge < -0.3 is 14.6 Å². The monoisotopic (exact) mass is 625 g/mol. The summed E-state index contributed by atoms with van der Waals surface area (Å²) in [5, 5.41) is 9.22. The van der Waals surface area contributed by atoms with Gasteiger partial charge in [0.2, 0.25) is 5.91 Å². The van der Waals surface area contributed by atoms with Gasteiger partial charge in [-0.1, -0.05) is 90.5 Å². The Bertz CT molecular complexity index is 1580. The van der Waals surface area contributed by atoms with Crippen molar-refractivity contribution in [3.63, 3.8) is 0 Å². The Morgan fingerprint density at radius 3 is 2.26 bits per heavy atom. The van der Waals surface area contributed by atoms with E-state index in [0.717, 1.165) is 23.5 Å². The molecule has 0 aromatic heterocycles. The smallest absolute Gasteiger partial charge is 0.417 e. The molecule has 3 aromatic carbocycles. The van der Waals surface area contributed by atoms with Crippen molar-refractivity contribution in [2.24, 2.45) is 5.92 Å². The van der Waals surface area contributed by atoms with Crippen molar-refractivity contribution < 1.29 is 38.6 Å². The number of nitrogens with zero attached hydrogens (tertiary/aromatic N) is 1. The molecule has 0 spiro atoms. The number of cyclic esters (lactones) is 1. The molecule has 1 aliphatic rings. The molecule has 0 unspecified atom stereocenters. The molecule has 9 heteroatoms. The van der Waals surface area contributed by atoms with Crippen LogP contribution in [0.25, 0.3) is 5.57 Å². The molecule has 0 saturated carbocycles. The maximum atomic E-state index is 14.4. The predicted molar refractivity (Wildman–Crippen MR) is 171 cm³/mol. The van der Waals surface area contributed by atoms with Crippen LogP contribution in [0.15, 0.2) is 91.0 Å². The fourth-order valence-electron chi connectivity index (χ4n) is 5.63. The molecule has 3 aromatic rings. The normalized spacial score (nSPS) is 17.6. The molecule has 9 nitrogen and oxygen atoms in total. The van der Waals surface area contributed by atoms with E-state index in [-0.39, 0.29) is 30.8 Å². The van der Waals surface area contributed by atoms with Crippen molar-refractivity contribution in [2.45, 2.75) is 64.7 Å². The second-order valence-electron chi connectivity index (χ2n) is 11.4. The first kappa shape index (κ1) is 34.0. The zero-order valence-electron chi connectivity index (χ0n) is 26.3. The first-order chi connectivity index (χ1) is 22.1. The van der Waals surface area contributed by atoms with E-state index in [4.69, 9.17) is 9.47 Å². The molecule has 2 amide bonds. The van der Waals surface area contributed by atoms with Gasteiger partial charge in [-0.05, 0) is 55.9 Å². The molecule has 4 atom stereocenters. The summed E-state index contributed by atoms with van der Waals surface area (Å²) < 4.78 is 11.2. The lowest BCUT2D eigenvalue weighted by Gasteiger charge is -2.29. The first-order valence-electron chi connectivity index (χ1n) is 15.4. The minimum absolute atomic E-state index is 0.0338. The number of ether oxygens (including phenoxy) is 2. The first-order valence-corrected chi connectivity index (χ1v) is 15.4. The highest BCUT2D eigenvalue weighted by molar-refractivity contribution is 6.25. The van der Waals surface area contributed by atoms with Gasteiger partial charge in [0.05, 0.1) is 12.0 Å². The van der Waals surface area contributed by atoms with Crippen molar-refractivity contribution in [2.75, 3.05) is 6.61 Å². The number of benzene rings is 3. The molecule has 0 aliphatic carbocycles. The fraction of sp³-hybridized carbons (Fsp3) is 0.324. The third kappa shape index (κ3) is 8.43. The van der Waals surface area contributed by atoms with Crippen LogP contribution < -0.4 is 0 Å². The van der Waals surface area contributed by atoms with Gasteiger partial charge in [0, 0.05) is 25.5 Å². The number of esters is 1. The topological polar surface area (TPSA) is 127 Å². The SMILES string of the molecule is CC(=O)O[C@H](C(=O)C=C(C(=O)CCCCO)c1cccc(C)c1)[C@H](Cc1ccccc1)C(=O)N1C(=O)O[C@H](c2ccccc2)[C@@H]1C. The number of aryl methyl sites for hydroxylation is 1. The molecule has 1 saturated heterocycles. The Morgan fingerprint density at radius 2 is 1.63 bits per heavy atom. The second kappa shape index (κ2) is 15.9. The van der Waals surface area contributed by atoms with Crippen molar-refractivity contribution >= 4 is 35.1 Å². The zero-order valence-corrected chi connectivity index (χ0v) is 26.3. The van der Waals surface area contributed by atoms with Crippen LogP contribution in [-0.4, -0.2) is 58.3 Å². The lowest BCUT2D eigenvalue weighted by Crippen LogP contribution is -2.49. The minimum atomic E-state index is -1.65. The maximum absolute atomic E-state index is 14.4. The van der Waals surface area contributed by atoms with Gasteiger partial charge in [0.15, 0.2) is 17.7 Å². The number of amides is 2. The highest BCUT2D eigenvalue weighted by atomic mass is 16.6. The second-order valence-corrected chi connectivity index (χ2v) is 11.4. The number of hydrogen-bond donors (Lipinski definition) is 1. The Labute approximate surface area is 268 Å². The van der Waals surface area contributed by atoms with Gasteiger partial charge in [0.1, 0.15) is 6.10 Å². The van der Waals surface area contributed by atoms with Gasteiger partial charge in [-0.2, -0.15) is 0 Å². The van der Waals surface area contributed by atoms with Crippen LogP contribution in [0.3, 0.4) is 0 Å². The minimum Gasteiger partial charge on any atom is -0.453 e. The third-order valence-electron chi connectivity index (χ3n) is 7.92. The summed E-state index contributed by atoms with van der Waals surface area (Å²) in [7, 11) is 0. The fourth-order valence-corrected chi connectivity index (χ4v) is 5.63. The van der Waals surface area contributed by atoms with Crippen molar-refractivity contribution in [3.05, 3.63) is 113 Å². The lowest BCUT2D eigenvalue weighted by molar-refractivity contribution is -0.158. The van der Waals surface area contributed by atoms with Gasteiger partial charge in [0.25, 0.3) is 0 Å². The predicted octanol–water partition coefficient (Wildman–Crippen LogP) is 5.58. The number of carbonyl (C=O) groups is 5. The molecule has 1 heterocycles. The molecule has 0 radical (unpaired) electrons. The molecule has 240 valence electrons. The number of Topliss-reactive ketones (excluding diaryl/α,β-unsaturated/α-hetero) is 1. The van der Waals surface area contributed by atoms with Gasteiger partial charge >= 0.3 is 12.1 Å². The van der Waals surface area contributed by atoms with E-state index in [0.29, 0.717) is 29.5 Å². The van der Waals surface area contributed by atoms with Crippen molar-refractivity contribution in [1.82, 2.24) is 4.90 Å². The van der Waals surface area contributed by atoms with E-state index in [1.54, 1.807) is 79.7 Å². The summed E-state index contributed by atoms with van der Waals surface area (Å²) in [4.78, 5) is 68.6. The molecular formula is C37H39NO8. The molecule has 1 fully saturated rings. The van der Waals surface area contributed by atoms with Gasteiger partial charge in [-0.25, -0.2) is 9.69 Å². The average molecular weight is 626 g/mol. The number of ketones is 2. The summed E-state index contributed by atoms with van der Waals surface area (Å²) in [5.41, 5.74) is 2.84. The summed E-state index contributed by atoms with van der Waals surface area (Å²) in [6.45, 7) is 4.60. The van der Waals surface area contributed by atoms with Crippen LogP contribution in [0, 0.1) is 12.8 Å². The Morgan fingerprint density at radius 1 is 0.957 bits per heavy atom. The van der Waals surface area contributed by atoms with Crippen LogP contribution in [0.4, 0.5) is 4.79 Å². The lowest BCUT2D eigenvalue weighted by atomic mass is 9.87. The van der Waals surface area contributed by atoms with Gasteiger partial charge in [-0.3, -0.25) is 19.2 Å². The Kier molecular flexibility index (Phi) is 11.8. The number of carbonyl (C=O) groups excluding carboxylic acids is 5. The molecule has 1 N–H and O–H groups in total. The Balaban J connectivity index is 1.77. The third-order valence-corrected chi connectivity index (χ3v) is 7.92. The number of aliphatic hydroxyl groups excluding tert-OH is 1. The van der Waals surface area contributed by atoms with E-state index >= 15 is 0 Å². The summed E-state index contributed by atoms with van der Waals surface area (Å²) >= 11 is 0. The quantitative estimate of drug-likeness (QED) is 0.140. The summed E-state index contributed by atoms with van der Waals surface area (Å²) in [5.74, 6) is -3.95. The van der Waals surface area contributed by atoms with E-state index in [2.05, 4.69) is 0 Å². The van der Waals surface area contributed by atoms with Crippen LogP contribution in [0.1, 0.15) is 61.5 Å². The number of hydrogen-bond acceptors (Lipinski definition) is 8. The van der Waals surface area contributed by atoms with E-state index in [1.807, 2.05) is 19.1 Å². The highest BCUT2D eigenvalue weighted by Crippen LogP contribution is 2.35. The van der Waals surface area contributed by atoms with Crippen LogP contribution >= 0.6 is 0 Å². The highest BCUT2D eigenvalue weighted by Gasteiger charge is 2.48. The van der Waals surface area contributed by atoms with Crippen LogP contribution in [0.2, 0.25) is 0 Å². The molecular weight excluding hydrogens is 586 g/mol. The Hall–Kier alpha value is -4.89. The largest absolute Gasteiger partial charge is 0.453 e. The number of aliphatic hydroxyl groups is 1. The van der Waals surface area contributed by atoms with Gasteiger partial charge in [-0.15, -0.1) is 0 Å². The standard InChI is InChI=1S/C37H39NO8/c1-24-13-12-18-29(21-24)30(32(41)19-10-11-20-39)23-33(42)35(45-26(3)40)31(22-27-14-6-4-7-15-27)36(43)38-25(2)34(46-37(38)44)28-16-8-5-9-17-28/h4-9,12-18,21,23,25,31,34-35,39H,10-11,19-20,22H2,1-3H3/t25-,31-,34-,35-/m0/s1. The average Bonchev–Trinajstić information content (AvgIpc) is 3.35. The number of imide groups is 1. The summed E-state index contributed by atoms with van der Waals surface area (Å²) in [6, 6.07) is 24.3. The van der Waals surface area contributed by atoms with Crippen molar-refractivity contribution in [3.8, 4) is 0 Å². The molecule has 46 heavy (non-hydrogen) atoms. The van der Waals surface area contributed by atoms with Crippen LogP contribution in [-0.2, 0) is 35.1 Å². The van der Waals surface area contributed by atoms with Crippen LogP contribution in [0.5, 0.6) is 0 Å². The van der Waals surface area contributed by atoms with E-state index < -0.39 is 47.9 Å². The molecule has 1 aliphatic heterocycles. The maximum Gasteiger partial charge on any atom is 0.417 e. The number of rotatable bonds is 14. The summed E-state index contributed by atoms with van der Waals surface area (Å²) in [6.07, 6.45) is -1.25. The number of allylic oxidation sites excluding steroid dienone is 1. The van der Waals surface area contributed by atoms with E-state index in [9.17, 15) is 29.1 Å². The molecule has 0 bridgehead atoms. The number of unbranched alkanes of at least 4 members (excludes halogenated alkanes) is 1. The zero-order chi connectivity index (χ0) is 33.2. The van der Waals surface area contributed by atoms with E-state index in [1.165, 1.54) is 0 Å². The molecule has 4 rings (SSSR count).